The fourth-order valence-corrected chi connectivity index (χ4v) is 1.62. The Morgan fingerprint density at radius 3 is 2.77 bits per heavy atom. The summed E-state index contributed by atoms with van der Waals surface area (Å²) in [7, 11) is 0. The number of pyridine rings is 2. The van der Waals surface area contributed by atoms with Gasteiger partial charge in [0.15, 0.2) is 0 Å². The second kappa shape index (κ2) is 4.05. The minimum Gasteiger partial charge on any atom is -0.253 e. The normalized spacial score (nSPS) is 9.85. The average molecular weight is 187 g/mol. The van der Waals surface area contributed by atoms with Crippen LogP contribution in [0.2, 0.25) is 0 Å². The SMILES string of the molecule is [c]1ncccc1Sc1ccccn1. The molecule has 0 aliphatic rings. The lowest BCUT2D eigenvalue weighted by molar-refractivity contribution is 1.12. The Morgan fingerprint density at radius 2 is 2.08 bits per heavy atom. The van der Waals surface area contributed by atoms with Crippen LogP contribution < -0.4 is 0 Å². The first-order valence-electron chi connectivity index (χ1n) is 3.87. The Hall–Kier alpha value is -1.35. The van der Waals surface area contributed by atoms with E-state index in [9.17, 15) is 0 Å². The molecule has 3 heteroatoms. The predicted octanol–water partition coefficient (Wildman–Crippen LogP) is 2.43. The van der Waals surface area contributed by atoms with E-state index in [-0.39, 0.29) is 0 Å². The Morgan fingerprint density at radius 1 is 1.08 bits per heavy atom. The van der Waals surface area contributed by atoms with Crippen molar-refractivity contribution in [2.45, 2.75) is 9.92 Å². The highest BCUT2D eigenvalue weighted by Gasteiger charge is 1.96. The van der Waals surface area contributed by atoms with Crippen molar-refractivity contribution in [3.63, 3.8) is 0 Å². The fourth-order valence-electron chi connectivity index (χ4n) is 0.889. The van der Waals surface area contributed by atoms with Gasteiger partial charge in [-0.2, -0.15) is 0 Å². The quantitative estimate of drug-likeness (QED) is 0.722. The maximum absolute atomic E-state index is 4.19. The summed E-state index contributed by atoms with van der Waals surface area (Å²) in [4.78, 5) is 9.08. The van der Waals surface area contributed by atoms with Gasteiger partial charge >= 0.3 is 0 Å². The molecule has 0 spiro atoms. The highest BCUT2D eigenvalue weighted by molar-refractivity contribution is 7.99. The summed E-state index contributed by atoms with van der Waals surface area (Å²) >= 11 is 1.56. The van der Waals surface area contributed by atoms with Gasteiger partial charge in [-0.3, -0.25) is 4.98 Å². The lowest BCUT2D eigenvalue weighted by Gasteiger charge is -1.97. The third-order valence-electron chi connectivity index (χ3n) is 1.44. The molecule has 13 heavy (non-hydrogen) atoms. The molecule has 2 heterocycles. The van der Waals surface area contributed by atoms with Crippen LogP contribution in [0, 0.1) is 6.20 Å². The van der Waals surface area contributed by atoms with Gasteiger partial charge in [0, 0.05) is 17.3 Å². The van der Waals surface area contributed by atoms with Crippen LogP contribution in [0.4, 0.5) is 0 Å². The summed E-state index contributed by atoms with van der Waals surface area (Å²) in [6.45, 7) is 0. The zero-order valence-electron chi connectivity index (χ0n) is 6.84. The molecule has 2 aromatic rings. The summed E-state index contributed by atoms with van der Waals surface area (Å²) in [6.07, 6.45) is 6.38. The van der Waals surface area contributed by atoms with Gasteiger partial charge < -0.3 is 0 Å². The summed E-state index contributed by atoms with van der Waals surface area (Å²) in [5.41, 5.74) is 0. The van der Waals surface area contributed by atoms with Gasteiger partial charge in [0.1, 0.15) is 11.2 Å². The maximum Gasteiger partial charge on any atom is 0.104 e. The van der Waals surface area contributed by atoms with Crippen molar-refractivity contribution >= 4 is 11.8 Å². The standard InChI is InChI=1S/C10H7N2S/c1-2-7-12-10(5-1)13-9-4-3-6-11-8-9/h1-7H. The molecule has 0 unspecified atom stereocenters. The third-order valence-corrected chi connectivity index (χ3v) is 2.33. The van der Waals surface area contributed by atoms with Gasteiger partial charge in [0.05, 0.1) is 0 Å². The van der Waals surface area contributed by atoms with Crippen LogP contribution in [0.15, 0.2) is 52.6 Å². The first-order valence-corrected chi connectivity index (χ1v) is 4.68. The molecule has 2 nitrogen and oxygen atoms in total. The lowest BCUT2D eigenvalue weighted by Crippen LogP contribution is -1.78. The first-order chi connectivity index (χ1) is 6.45. The molecule has 0 N–H and O–H groups in total. The van der Waals surface area contributed by atoms with Crippen LogP contribution in [0.3, 0.4) is 0 Å². The van der Waals surface area contributed by atoms with E-state index in [0.29, 0.717) is 0 Å². The summed E-state index contributed by atoms with van der Waals surface area (Å²) in [5, 5.41) is 0.965. The Bertz CT molecular complexity index is 324. The molecule has 2 rings (SSSR count). The van der Waals surface area contributed by atoms with Gasteiger partial charge in [0.25, 0.3) is 0 Å². The molecule has 0 saturated heterocycles. The zero-order chi connectivity index (χ0) is 8.93. The van der Waals surface area contributed by atoms with Crippen LogP contribution in [0.25, 0.3) is 0 Å². The van der Waals surface area contributed by atoms with Gasteiger partial charge in [-0.1, -0.05) is 17.8 Å². The second-order valence-corrected chi connectivity index (χ2v) is 3.45. The van der Waals surface area contributed by atoms with Crippen LogP contribution in [0.5, 0.6) is 0 Å². The predicted molar refractivity (Wildman–Crippen MR) is 51.4 cm³/mol. The van der Waals surface area contributed by atoms with E-state index in [1.165, 1.54) is 0 Å². The summed E-state index contributed by atoms with van der Waals surface area (Å²) in [6, 6.07) is 9.68. The Kier molecular flexibility index (Phi) is 2.57. The number of rotatable bonds is 2. The second-order valence-electron chi connectivity index (χ2n) is 2.38. The number of nitrogens with zero attached hydrogens (tertiary/aromatic N) is 2. The first kappa shape index (κ1) is 8.26. The molecule has 0 aliphatic carbocycles. The lowest BCUT2D eigenvalue weighted by atomic mass is 10.5. The molecular weight excluding hydrogens is 180 g/mol. The van der Waals surface area contributed by atoms with E-state index in [1.54, 1.807) is 24.2 Å². The molecule has 63 valence electrons. The third kappa shape index (κ3) is 2.29. The highest BCUT2D eigenvalue weighted by atomic mass is 32.2. The van der Waals surface area contributed by atoms with Crippen molar-refractivity contribution in [1.29, 1.82) is 0 Å². The molecule has 0 aliphatic heterocycles. The Balaban J connectivity index is 2.16. The molecular formula is C10H7N2S. The van der Waals surface area contributed by atoms with E-state index in [1.807, 2.05) is 30.3 Å². The van der Waals surface area contributed by atoms with Crippen molar-refractivity contribution in [2.24, 2.45) is 0 Å². The van der Waals surface area contributed by atoms with Crippen LogP contribution >= 0.6 is 11.8 Å². The summed E-state index contributed by atoms with van der Waals surface area (Å²) in [5.74, 6) is 0. The summed E-state index contributed by atoms with van der Waals surface area (Å²) < 4.78 is 0. The van der Waals surface area contributed by atoms with Crippen molar-refractivity contribution < 1.29 is 0 Å². The molecule has 0 amide bonds. The van der Waals surface area contributed by atoms with Crippen molar-refractivity contribution in [3.05, 3.63) is 48.9 Å². The van der Waals surface area contributed by atoms with Crippen LogP contribution in [-0.4, -0.2) is 9.97 Å². The molecule has 0 saturated carbocycles. The molecule has 1 radical (unpaired) electrons. The van der Waals surface area contributed by atoms with Crippen LogP contribution in [0.1, 0.15) is 0 Å². The van der Waals surface area contributed by atoms with Crippen LogP contribution in [-0.2, 0) is 0 Å². The topological polar surface area (TPSA) is 25.8 Å². The maximum atomic E-state index is 4.19. The number of hydrogen-bond acceptors (Lipinski definition) is 3. The molecule has 0 bridgehead atoms. The van der Waals surface area contributed by atoms with Crippen molar-refractivity contribution in [3.8, 4) is 0 Å². The average Bonchev–Trinajstić information content (AvgIpc) is 2.21. The molecule has 0 aromatic carbocycles. The van der Waals surface area contributed by atoms with Crippen molar-refractivity contribution in [2.75, 3.05) is 0 Å². The van der Waals surface area contributed by atoms with Crippen molar-refractivity contribution in [1.82, 2.24) is 9.97 Å². The van der Waals surface area contributed by atoms with Gasteiger partial charge in [0.2, 0.25) is 0 Å². The van der Waals surface area contributed by atoms with Gasteiger partial charge in [-0.25, -0.2) is 4.98 Å². The minimum absolute atomic E-state index is 0.965. The van der Waals surface area contributed by atoms with Gasteiger partial charge in [-0.05, 0) is 24.3 Å². The Labute approximate surface area is 81.1 Å². The zero-order valence-corrected chi connectivity index (χ0v) is 7.66. The number of hydrogen-bond donors (Lipinski definition) is 0. The fraction of sp³-hybridized carbons (Fsp3) is 0. The highest BCUT2D eigenvalue weighted by Crippen LogP contribution is 2.23. The van der Waals surface area contributed by atoms with Gasteiger partial charge in [-0.15, -0.1) is 0 Å². The molecule has 0 fully saturated rings. The largest absolute Gasteiger partial charge is 0.253 e. The number of aromatic nitrogens is 2. The minimum atomic E-state index is 0.965. The van der Waals surface area contributed by atoms with E-state index in [0.717, 1.165) is 9.92 Å². The monoisotopic (exact) mass is 187 g/mol. The van der Waals surface area contributed by atoms with E-state index >= 15 is 0 Å². The van der Waals surface area contributed by atoms with E-state index < -0.39 is 0 Å². The smallest absolute Gasteiger partial charge is 0.104 e. The van der Waals surface area contributed by atoms with E-state index in [2.05, 4.69) is 16.2 Å². The molecule has 0 atom stereocenters. The van der Waals surface area contributed by atoms with E-state index in [4.69, 9.17) is 0 Å². The molecule has 2 aromatic heterocycles.